The van der Waals surface area contributed by atoms with E-state index in [4.69, 9.17) is 4.74 Å². The molecule has 0 aromatic carbocycles. The van der Waals surface area contributed by atoms with Crippen molar-refractivity contribution in [3.05, 3.63) is 0 Å². The number of hydrogen-bond acceptors (Lipinski definition) is 3. The van der Waals surface area contributed by atoms with Crippen molar-refractivity contribution in [2.24, 2.45) is 0 Å². The van der Waals surface area contributed by atoms with Crippen LogP contribution in [0.15, 0.2) is 0 Å². The van der Waals surface area contributed by atoms with E-state index >= 15 is 0 Å². The highest BCUT2D eigenvalue weighted by Crippen LogP contribution is 2.28. The molecular formula is C15H30N2O2. The van der Waals surface area contributed by atoms with E-state index in [2.05, 4.69) is 26.1 Å². The number of amides is 1. The highest BCUT2D eigenvalue weighted by molar-refractivity contribution is 5.76. The highest BCUT2D eigenvalue weighted by atomic mass is 16.5. The average Bonchev–Trinajstić information content (AvgIpc) is 2.10. The molecule has 0 atom stereocenters. The number of carbonyl (C=O) groups excluding carboxylic acids is 1. The molecule has 0 spiro atoms. The number of nitrogens with one attached hydrogen (secondary N) is 1. The smallest absolute Gasteiger partial charge is 0.224 e. The minimum Gasteiger partial charge on any atom is -0.366 e. The molecule has 19 heavy (non-hydrogen) atoms. The van der Waals surface area contributed by atoms with Gasteiger partial charge in [-0.1, -0.05) is 0 Å². The molecule has 0 aromatic heterocycles. The van der Waals surface area contributed by atoms with Crippen LogP contribution in [0.3, 0.4) is 0 Å². The van der Waals surface area contributed by atoms with Crippen LogP contribution in [-0.4, -0.2) is 47.2 Å². The molecule has 1 amide bonds. The summed E-state index contributed by atoms with van der Waals surface area (Å²) in [6, 6.07) is 0. The van der Waals surface area contributed by atoms with Crippen LogP contribution in [-0.2, 0) is 9.53 Å². The van der Waals surface area contributed by atoms with Crippen molar-refractivity contribution in [2.45, 2.75) is 71.6 Å². The van der Waals surface area contributed by atoms with Crippen molar-refractivity contribution in [3.63, 3.8) is 0 Å². The largest absolute Gasteiger partial charge is 0.366 e. The third-order valence-corrected chi connectivity index (χ3v) is 3.04. The van der Waals surface area contributed by atoms with Crippen molar-refractivity contribution in [1.29, 1.82) is 0 Å². The summed E-state index contributed by atoms with van der Waals surface area (Å²) in [4.78, 5) is 14.2. The van der Waals surface area contributed by atoms with Gasteiger partial charge in [0.15, 0.2) is 0 Å². The molecular weight excluding hydrogens is 240 g/mol. The van der Waals surface area contributed by atoms with Gasteiger partial charge in [0, 0.05) is 31.6 Å². The lowest BCUT2D eigenvalue weighted by atomic mass is 9.98. The summed E-state index contributed by atoms with van der Waals surface area (Å²) < 4.78 is 5.99. The normalized spacial score (nSPS) is 22.4. The van der Waals surface area contributed by atoms with Gasteiger partial charge < -0.3 is 15.0 Å². The first-order chi connectivity index (χ1) is 8.40. The zero-order valence-corrected chi connectivity index (χ0v) is 13.6. The van der Waals surface area contributed by atoms with Crippen LogP contribution in [0.5, 0.6) is 0 Å². The van der Waals surface area contributed by atoms with Gasteiger partial charge in [-0.3, -0.25) is 4.79 Å². The van der Waals surface area contributed by atoms with Gasteiger partial charge in [-0.15, -0.1) is 0 Å². The van der Waals surface area contributed by atoms with E-state index in [0.717, 1.165) is 6.54 Å². The Morgan fingerprint density at radius 2 is 1.63 bits per heavy atom. The first-order valence-electron chi connectivity index (χ1n) is 7.13. The number of rotatable bonds is 3. The minimum absolute atomic E-state index is 0.0594. The Bertz CT molecular complexity index is 314. The highest BCUT2D eigenvalue weighted by Gasteiger charge is 2.39. The number of carbonyl (C=O) groups is 1. The van der Waals surface area contributed by atoms with Crippen LogP contribution in [0, 0.1) is 0 Å². The maximum Gasteiger partial charge on any atom is 0.224 e. The summed E-state index contributed by atoms with van der Waals surface area (Å²) in [6.45, 7) is 16.6. The van der Waals surface area contributed by atoms with Gasteiger partial charge in [0.25, 0.3) is 0 Å². The summed E-state index contributed by atoms with van der Waals surface area (Å²) in [5, 5.41) is 3.35. The summed E-state index contributed by atoms with van der Waals surface area (Å²) in [6.07, 6.45) is 0.545. The number of morpholine rings is 1. The second-order valence-electron chi connectivity index (χ2n) is 7.80. The van der Waals surface area contributed by atoms with Gasteiger partial charge in [-0.05, 0) is 48.5 Å². The van der Waals surface area contributed by atoms with Crippen LogP contribution < -0.4 is 5.32 Å². The zero-order valence-electron chi connectivity index (χ0n) is 13.6. The fourth-order valence-electron chi connectivity index (χ4n) is 2.67. The Labute approximate surface area is 117 Å². The molecule has 0 bridgehead atoms. The van der Waals surface area contributed by atoms with Gasteiger partial charge in [0.05, 0.1) is 11.2 Å². The van der Waals surface area contributed by atoms with E-state index in [9.17, 15) is 4.79 Å². The Hall–Kier alpha value is -0.610. The number of nitrogens with zero attached hydrogens (tertiary/aromatic N) is 1. The molecule has 0 saturated carbocycles. The molecule has 1 aliphatic heterocycles. The van der Waals surface area contributed by atoms with Gasteiger partial charge in [0.1, 0.15) is 0 Å². The lowest BCUT2D eigenvalue weighted by Gasteiger charge is -2.47. The molecule has 1 heterocycles. The van der Waals surface area contributed by atoms with Crippen molar-refractivity contribution >= 4 is 5.91 Å². The summed E-state index contributed by atoms with van der Waals surface area (Å²) in [5.41, 5.74) is -0.479. The second-order valence-corrected chi connectivity index (χ2v) is 7.80. The van der Waals surface area contributed by atoms with Crippen LogP contribution in [0.2, 0.25) is 0 Å². The first-order valence-corrected chi connectivity index (χ1v) is 7.13. The monoisotopic (exact) mass is 270 g/mol. The van der Waals surface area contributed by atoms with Gasteiger partial charge >= 0.3 is 0 Å². The van der Waals surface area contributed by atoms with E-state index < -0.39 is 0 Å². The molecule has 0 aliphatic carbocycles. The SMILES string of the molecule is CC(C)(C)NCCC(=O)N1CC(C)(C)OC(C)(C)C1. The molecule has 1 aliphatic rings. The lowest BCUT2D eigenvalue weighted by molar-refractivity contribution is -0.187. The van der Waals surface area contributed by atoms with Gasteiger partial charge in [-0.25, -0.2) is 0 Å². The maximum atomic E-state index is 12.3. The average molecular weight is 270 g/mol. The molecule has 4 heteroatoms. The standard InChI is InChI=1S/C15H30N2O2/c1-13(2,3)16-9-8-12(18)17-10-14(4,5)19-15(6,7)11-17/h16H,8-11H2,1-7H3. The van der Waals surface area contributed by atoms with Crippen LogP contribution in [0.4, 0.5) is 0 Å². The minimum atomic E-state index is -0.269. The number of hydrogen-bond donors (Lipinski definition) is 1. The lowest BCUT2D eigenvalue weighted by Crippen LogP contribution is -2.58. The third-order valence-electron chi connectivity index (χ3n) is 3.04. The summed E-state index contributed by atoms with van der Waals surface area (Å²) >= 11 is 0. The third kappa shape index (κ3) is 5.91. The molecule has 0 aromatic rings. The fourth-order valence-corrected chi connectivity index (χ4v) is 2.67. The van der Waals surface area contributed by atoms with Crippen molar-refractivity contribution in [3.8, 4) is 0 Å². The molecule has 0 unspecified atom stereocenters. The van der Waals surface area contributed by atoms with E-state index in [1.165, 1.54) is 0 Å². The molecule has 1 N–H and O–H groups in total. The maximum absolute atomic E-state index is 12.3. The van der Waals surface area contributed by atoms with Crippen LogP contribution in [0.1, 0.15) is 54.9 Å². The van der Waals surface area contributed by atoms with E-state index in [1.54, 1.807) is 0 Å². The molecule has 1 saturated heterocycles. The predicted octanol–water partition coefficient (Wildman–Crippen LogP) is 2.18. The van der Waals surface area contributed by atoms with Crippen molar-refractivity contribution in [1.82, 2.24) is 10.2 Å². The van der Waals surface area contributed by atoms with Gasteiger partial charge in [0.2, 0.25) is 5.91 Å². The molecule has 1 fully saturated rings. The van der Waals surface area contributed by atoms with E-state index in [0.29, 0.717) is 19.5 Å². The molecule has 4 nitrogen and oxygen atoms in total. The predicted molar refractivity (Wildman–Crippen MR) is 78.2 cm³/mol. The first kappa shape index (κ1) is 16.4. The second kappa shape index (κ2) is 5.41. The van der Waals surface area contributed by atoms with Crippen molar-refractivity contribution < 1.29 is 9.53 Å². The quantitative estimate of drug-likeness (QED) is 0.854. The van der Waals surface area contributed by atoms with Crippen LogP contribution >= 0.6 is 0 Å². The van der Waals surface area contributed by atoms with E-state index in [-0.39, 0.29) is 22.6 Å². The molecule has 1 rings (SSSR count). The van der Waals surface area contributed by atoms with Crippen LogP contribution in [0.25, 0.3) is 0 Å². The number of ether oxygens (including phenoxy) is 1. The Balaban J connectivity index is 2.52. The van der Waals surface area contributed by atoms with E-state index in [1.807, 2.05) is 32.6 Å². The molecule has 0 radical (unpaired) electrons. The fraction of sp³-hybridized carbons (Fsp3) is 0.933. The summed E-state index contributed by atoms with van der Waals surface area (Å²) in [7, 11) is 0. The Morgan fingerprint density at radius 1 is 1.16 bits per heavy atom. The molecule has 112 valence electrons. The Morgan fingerprint density at radius 3 is 2.05 bits per heavy atom. The Kier molecular flexibility index (Phi) is 4.68. The van der Waals surface area contributed by atoms with Gasteiger partial charge in [-0.2, -0.15) is 0 Å². The zero-order chi connectivity index (χ0) is 14.9. The summed E-state index contributed by atoms with van der Waals surface area (Å²) in [5.74, 6) is 0.209. The van der Waals surface area contributed by atoms with Crippen molar-refractivity contribution in [2.75, 3.05) is 19.6 Å². The topological polar surface area (TPSA) is 41.6 Å².